The molecular formula is C27H30N2O3. The Morgan fingerprint density at radius 3 is 2.19 bits per heavy atom. The van der Waals surface area contributed by atoms with Crippen LogP contribution in [0.15, 0.2) is 66.7 Å². The fourth-order valence-electron chi connectivity index (χ4n) is 3.19. The normalized spacial score (nSPS) is 11.0. The van der Waals surface area contributed by atoms with Crippen molar-refractivity contribution in [3.63, 3.8) is 0 Å². The lowest BCUT2D eigenvalue weighted by atomic mass is 9.87. The van der Waals surface area contributed by atoms with E-state index in [0.717, 1.165) is 11.1 Å². The Kier molecular flexibility index (Phi) is 6.98. The van der Waals surface area contributed by atoms with Gasteiger partial charge in [-0.3, -0.25) is 9.59 Å². The molecule has 0 saturated heterocycles. The number of carbonyl (C=O) groups is 2. The van der Waals surface area contributed by atoms with Crippen LogP contribution in [-0.2, 0) is 10.2 Å². The topological polar surface area (TPSA) is 67.4 Å². The Bertz CT molecular complexity index is 1110. The van der Waals surface area contributed by atoms with Crippen molar-refractivity contribution in [1.29, 1.82) is 0 Å². The molecule has 0 aliphatic rings. The van der Waals surface area contributed by atoms with Gasteiger partial charge in [-0.1, -0.05) is 51.1 Å². The van der Waals surface area contributed by atoms with Gasteiger partial charge in [0, 0.05) is 5.69 Å². The SMILES string of the molecule is Cc1ccc(NC(=O)c2ccccc2NC(=O)COc2ccc(C(C)(C)C)cc2)cc1C. The molecule has 0 bridgehead atoms. The second-order valence-electron chi connectivity index (χ2n) is 8.91. The van der Waals surface area contributed by atoms with Gasteiger partial charge in [0.05, 0.1) is 11.3 Å². The Balaban J connectivity index is 1.63. The first kappa shape index (κ1) is 23.1. The number of para-hydroxylation sites is 1. The van der Waals surface area contributed by atoms with Gasteiger partial charge in [-0.15, -0.1) is 0 Å². The predicted molar refractivity (Wildman–Crippen MR) is 130 cm³/mol. The van der Waals surface area contributed by atoms with Crippen molar-refractivity contribution in [1.82, 2.24) is 0 Å². The van der Waals surface area contributed by atoms with Gasteiger partial charge < -0.3 is 15.4 Å². The number of nitrogens with one attached hydrogen (secondary N) is 2. The van der Waals surface area contributed by atoms with E-state index in [-0.39, 0.29) is 23.8 Å². The van der Waals surface area contributed by atoms with Crippen molar-refractivity contribution in [3.8, 4) is 5.75 Å². The van der Waals surface area contributed by atoms with E-state index in [1.807, 2.05) is 56.3 Å². The first-order chi connectivity index (χ1) is 15.1. The van der Waals surface area contributed by atoms with Crippen molar-refractivity contribution in [2.75, 3.05) is 17.2 Å². The molecule has 2 amide bonds. The fraction of sp³-hybridized carbons (Fsp3) is 0.259. The van der Waals surface area contributed by atoms with Crippen LogP contribution < -0.4 is 15.4 Å². The smallest absolute Gasteiger partial charge is 0.262 e. The first-order valence-corrected chi connectivity index (χ1v) is 10.6. The number of hydrogen-bond acceptors (Lipinski definition) is 3. The highest BCUT2D eigenvalue weighted by molar-refractivity contribution is 6.10. The number of anilines is 2. The van der Waals surface area contributed by atoms with Crippen molar-refractivity contribution in [2.45, 2.75) is 40.0 Å². The van der Waals surface area contributed by atoms with Gasteiger partial charge in [-0.2, -0.15) is 0 Å². The van der Waals surface area contributed by atoms with Crippen LogP contribution in [0, 0.1) is 13.8 Å². The molecule has 0 fully saturated rings. The Morgan fingerprint density at radius 2 is 1.53 bits per heavy atom. The average molecular weight is 431 g/mol. The lowest BCUT2D eigenvalue weighted by Crippen LogP contribution is -2.23. The number of benzene rings is 3. The molecule has 0 spiro atoms. The van der Waals surface area contributed by atoms with Crippen LogP contribution in [0.1, 0.15) is 47.8 Å². The van der Waals surface area contributed by atoms with Gasteiger partial charge in [-0.05, 0) is 72.4 Å². The number of aryl methyl sites for hydroxylation is 2. The van der Waals surface area contributed by atoms with E-state index in [2.05, 4.69) is 31.4 Å². The summed E-state index contributed by atoms with van der Waals surface area (Å²) in [6.07, 6.45) is 0. The van der Waals surface area contributed by atoms with E-state index in [0.29, 0.717) is 22.7 Å². The highest BCUT2D eigenvalue weighted by atomic mass is 16.5. The zero-order valence-electron chi connectivity index (χ0n) is 19.3. The summed E-state index contributed by atoms with van der Waals surface area (Å²) in [5, 5.41) is 5.67. The maximum atomic E-state index is 12.8. The summed E-state index contributed by atoms with van der Waals surface area (Å²) in [4.78, 5) is 25.3. The highest BCUT2D eigenvalue weighted by Crippen LogP contribution is 2.24. The molecule has 0 aliphatic carbocycles. The molecule has 5 heteroatoms. The molecular weight excluding hydrogens is 400 g/mol. The van der Waals surface area contributed by atoms with Crippen LogP contribution in [0.3, 0.4) is 0 Å². The largest absolute Gasteiger partial charge is 0.484 e. The highest BCUT2D eigenvalue weighted by Gasteiger charge is 2.15. The summed E-state index contributed by atoms with van der Waals surface area (Å²) in [7, 11) is 0. The third-order valence-electron chi connectivity index (χ3n) is 5.30. The molecule has 2 N–H and O–H groups in total. The Morgan fingerprint density at radius 1 is 0.844 bits per heavy atom. The molecule has 32 heavy (non-hydrogen) atoms. The minimum atomic E-state index is -0.337. The zero-order valence-corrected chi connectivity index (χ0v) is 19.3. The fourth-order valence-corrected chi connectivity index (χ4v) is 3.19. The molecule has 0 atom stereocenters. The molecule has 5 nitrogen and oxygen atoms in total. The molecule has 0 aliphatic heterocycles. The predicted octanol–water partition coefficient (Wildman–Crippen LogP) is 5.87. The van der Waals surface area contributed by atoms with Crippen molar-refractivity contribution < 1.29 is 14.3 Å². The summed E-state index contributed by atoms with van der Waals surface area (Å²) < 4.78 is 5.62. The number of amides is 2. The second-order valence-corrected chi connectivity index (χ2v) is 8.91. The third kappa shape index (κ3) is 5.97. The van der Waals surface area contributed by atoms with Crippen molar-refractivity contribution >= 4 is 23.2 Å². The summed E-state index contributed by atoms with van der Waals surface area (Å²) in [5.74, 6) is -0.00640. The van der Waals surface area contributed by atoms with E-state index >= 15 is 0 Å². The van der Waals surface area contributed by atoms with Gasteiger partial charge >= 0.3 is 0 Å². The van der Waals surface area contributed by atoms with Crippen LogP contribution in [0.2, 0.25) is 0 Å². The third-order valence-corrected chi connectivity index (χ3v) is 5.30. The molecule has 0 unspecified atom stereocenters. The molecule has 3 aromatic rings. The molecule has 0 radical (unpaired) electrons. The number of ether oxygens (including phenoxy) is 1. The summed E-state index contributed by atoms with van der Waals surface area (Å²) in [6, 6.07) is 20.4. The van der Waals surface area contributed by atoms with Crippen molar-refractivity contribution in [3.05, 3.63) is 89.0 Å². The van der Waals surface area contributed by atoms with Gasteiger partial charge in [0.25, 0.3) is 11.8 Å². The first-order valence-electron chi connectivity index (χ1n) is 10.6. The van der Waals surface area contributed by atoms with E-state index in [9.17, 15) is 9.59 Å². The number of carbonyl (C=O) groups excluding carboxylic acids is 2. The molecule has 0 heterocycles. The molecule has 0 aromatic heterocycles. The molecule has 3 rings (SSSR count). The van der Waals surface area contributed by atoms with Crippen LogP contribution in [0.25, 0.3) is 0 Å². The molecule has 166 valence electrons. The van der Waals surface area contributed by atoms with Gasteiger partial charge in [0.1, 0.15) is 5.75 Å². The van der Waals surface area contributed by atoms with Crippen LogP contribution in [0.5, 0.6) is 5.75 Å². The quantitative estimate of drug-likeness (QED) is 0.514. The van der Waals surface area contributed by atoms with E-state index in [1.165, 1.54) is 5.56 Å². The van der Waals surface area contributed by atoms with Crippen molar-refractivity contribution in [2.24, 2.45) is 0 Å². The monoisotopic (exact) mass is 430 g/mol. The number of hydrogen-bond donors (Lipinski definition) is 2. The van der Waals surface area contributed by atoms with Crippen LogP contribution >= 0.6 is 0 Å². The maximum Gasteiger partial charge on any atom is 0.262 e. The summed E-state index contributed by atoms with van der Waals surface area (Å²) in [5.41, 5.74) is 5.02. The minimum Gasteiger partial charge on any atom is -0.484 e. The standard InChI is InChI=1S/C27H30N2O3/c1-18-10-13-21(16-19(18)2)28-26(31)23-8-6-7-9-24(23)29-25(30)17-32-22-14-11-20(12-15-22)27(3,4)5/h6-16H,17H2,1-5H3,(H,28,31)(H,29,30). The zero-order chi connectivity index (χ0) is 23.3. The lowest BCUT2D eigenvalue weighted by Gasteiger charge is -2.19. The summed E-state index contributed by atoms with van der Waals surface area (Å²) in [6.45, 7) is 10.3. The average Bonchev–Trinajstić information content (AvgIpc) is 2.75. The Labute approximate surface area is 189 Å². The maximum absolute atomic E-state index is 12.8. The van der Waals surface area contributed by atoms with Gasteiger partial charge in [-0.25, -0.2) is 0 Å². The van der Waals surface area contributed by atoms with Crippen LogP contribution in [-0.4, -0.2) is 18.4 Å². The molecule has 3 aromatic carbocycles. The van der Waals surface area contributed by atoms with Gasteiger partial charge in [0.15, 0.2) is 6.61 Å². The molecule has 0 saturated carbocycles. The van der Waals surface area contributed by atoms with Gasteiger partial charge in [0.2, 0.25) is 0 Å². The second kappa shape index (κ2) is 9.69. The summed E-state index contributed by atoms with van der Waals surface area (Å²) >= 11 is 0. The minimum absolute atomic E-state index is 0.0530. The van der Waals surface area contributed by atoms with E-state index < -0.39 is 0 Å². The van der Waals surface area contributed by atoms with Crippen LogP contribution in [0.4, 0.5) is 11.4 Å². The number of rotatable bonds is 6. The Hall–Kier alpha value is -3.60. The lowest BCUT2D eigenvalue weighted by molar-refractivity contribution is -0.118. The van der Waals surface area contributed by atoms with E-state index in [4.69, 9.17) is 4.74 Å². The van der Waals surface area contributed by atoms with E-state index in [1.54, 1.807) is 24.3 Å².